The Morgan fingerprint density at radius 3 is 2.62 bits per heavy atom. The Morgan fingerprint density at radius 1 is 1.09 bits per heavy atom. The Balaban J connectivity index is 1.20. The van der Waals surface area contributed by atoms with Gasteiger partial charge in [-0.2, -0.15) is 0 Å². The van der Waals surface area contributed by atoms with Gasteiger partial charge in [0.1, 0.15) is 18.2 Å². The highest BCUT2D eigenvalue weighted by molar-refractivity contribution is 7.91. The molecule has 2 aliphatic heterocycles. The molecule has 1 amide bonds. The van der Waals surface area contributed by atoms with Gasteiger partial charge in [0.05, 0.1) is 17.3 Å². The molecule has 34 heavy (non-hydrogen) atoms. The molecule has 1 aromatic heterocycles. The average Bonchev–Trinajstić information content (AvgIpc) is 3.59. The lowest BCUT2D eigenvalue weighted by molar-refractivity contribution is 0.0640. The number of piperidine rings is 1. The molecule has 10 heteroatoms. The maximum absolute atomic E-state index is 12.2. The molecule has 2 fully saturated rings. The van der Waals surface area contributed by atoms with Crippen LogP contribution in [0.4, 0.5) is 16.3 Å². The third-order valence-corrected chi connectivity index (χ3v) is 8.45. The zero-order valence-corrected chi connectivity index (χ0v) is 20.2. The van der Waals surface area contributed by atoms with Crippen LogP contribution >= 0.6 is 0 Å². The van der Waals surface area contributed by atoms with Gasteiger partial charge in [0.2, 0.25) is 5.88 Å². The van der Waals surface area contributed by atoms with E-state index in [0.717, 1.165) is 49.2 Å². The Hall–Kier alpha value is -2.88. The fourth-order valence-electron chi connectivity index (χ4n) is 4.41. The van der Waals surface area contributed by atoms with E-state index in [1.165, 1.54) is 6.33 Å². The van der Waals surface area contributed by atoms with Crippen molar-refractivity contribution in [3.8, 4) is 5.88 Å². The molecule has 1 saturated heterocycles. The number of rotatable bonds is 7. The monoisotopic (exact) mass is 486 g/mol. The SMILES string of the molecule is CCS(=O)(=O)c1ccc2c(c1)CCN2c1cc(OC2CCN(C(=O)OCC3CC3)CC2)ncn1. The van der Waals surface area contributed by atoms with E-state index in [4.69, 9.17) is 9.47 Å². The molecule has 3 heterocycles. The van der Waals surface area contributed by atoms with Crippen molar-refractivity contribution in [2.45, 2.75) is 50.0 Å². The maximum atomic E-state index is 12.2. The lowest BCUT2D eigenvalue weighted by Gasteiger charge is -2.31. The van der Waals surface area contributed by atoms with Crippen LogP contribution in [0.5, 0.6) is 5.88 Å². The number of ether oxygens (including phenoxy) is 2. The Morgan fingerprint density at radius 2 is 1.88 bits per heavy atom. The molecule has 1 aliphatic carbocycles. The van der Waals surface area contributed by atoms with Crippen LogP contribution in [0.15, 0.2) is 35.5 Å². The average molecular weight is 487 g/mol. The van der Waals surface area contributed by atoms with Crippen LogP contribution in [0, 0.1) is 5.92 Å². The lowest BCUT2D eigenvalue weighted by Crippen LogP contribution is -2.42. The van der Waals surface area contributed by atoms with Gasteiger partial charge in [0, 0.05) is 44.2 Å². The number of carbonyl (C=O) groups excluding carboxylic acids is 1. The van der Waals surface area contributed by atoms with Crippen LogP contribution in [-0.4, -0.2) is 67.5 Å². The van der Waals surface area contributed by atoms with Gasteiger partial charge in [-0.15, -0.1) is 0 Å². The van der Waals surface area contributed by atoms with Crippen molar-refractivity contribution in [3.63, 3.8) is 0 Å². The highest BCUT2D eigenvalue weighted by atomic mass is 32.2. The molecule has 0 atom stereocenters. The zero-order chi connectivity index (χ0) is 23.7. The lowest BCUT2D eigenvalue weighted by atomic mass is 10.1. The van der Waals surface area contributed by atoms with Crippen LogP contribution in [0.2, 0.25) is 0 Å². The summed E-state index contributed by atoms with van der Waals surface area (Å²) in [5.74, 6) is 1.86. The first kappa shape index (κ1) is 22.9. The van der Waals surface area contributed by atoms with Gasteiger partial charge >= 0.3 is 6.09 Å². The summed E-state index contributed by atoms with van der Waals surface area (Å²) >= 11 is 0. The fourth-order valence-corrected chi connectivity index (χ4v) is 5.34. The molecule has 0 N–H and O–H groups in total. The predicted molar refractivity (Wildman–Crippen MR) is 126 cm³/mol. The molecule has 3 aliphatic rings. The number of aromatic nitrogens is 2. The number of likely N-dealkylation sites (tertiary alicyclic amines) is 1. The van der Waals surface area contributed by atoms with Gasteiger partial charge in [0.25, 0.3) is 0 Å². The van der Waals surface area contributed by atoms with Crippen molar-refractivity contribution in [1.82, 2.24) is 14.9 Å². The number of anilines is 2. The first-order chi connectivity index (χ1) is 16.4. The third kappa shape index (κ3) is 4.96. The summed E-state index contributed by atoms with van der Waals surface area (Å²) in [4.78, 5) is 25.1. The summed E-state index contributed by atoms with van der Waals surface area (Å²) in [6.45, 7) is 4.11. The summed E-state index contributed by atoms with van der Waals surface area (Å²) in [5, 5.41) is 0. The molecule has 0 bridgehead atoms. The number of amides is 1. The molecule has 2 aromatic rings. The molecule has 1 saturated carbocycles. The fraction of sp³-hybridized carbons (Fsp3) is 0.542. The highest BCUT2D eigenvalue weighted by Crippen LogP contribution is 2.36. The van der Waals surface area contributed by atoms with E-state index in [2.05, 4.69) is 14.9 Å². The van der Waals surface area contributed by atoms with Gasteiger partial charge in [-0.1, -0.05) is 6.92 Å². The molecule has 0 radical (unpaired) electrons. The minimum absolute atomic E-state index is 0.0251. The minimum atomic E-state index is -3.24. The second-order valence-electron chi connectivity index (χ2n) is 9.13. The molecule has 0 unspecified atom stereocenters. The summed E-state index contributed by atoms with van der Waals surface area (Å²) in [7, 11) is -3.24. The van der Waals surface area contributed by atoms with E-state index in [0.29, 0.717) is 42.9 Å². The number of carbonyl (C=O) groups is 1. The van der Waals surface area contributed by atoms with Crippen molar-refractivity contribution in [2.75, 3.05) is 36.9 Å². The molecule has 182 valence electrons. The third-order valence-electron chi connectivity index (χ3n) is 6.72. The molecule has 1 aromatic carbocycles. The maximum Gasteiger partial charge on any atom is 0.409 e. The minimum Gasteiger partial charge on any atom is -0.474 e. The van der Waals surface area contributed by atoms with Crippen LogP contribution in [0.1, 0.15) is 38.2 Å². The Labute approximate surface area is 200 Å². The second-order valence-corrected chi connectivity index (χ2v) is 11.4. The largest absolute Gasteiger partial charge is 0.474 e. The van der Waals surface area contributed by atoms with Crippen LogP contribution < -0.4 is 9.64 Å². The number of nitrogens with zero attached hydrogens (tertiary/aromatic N) is 4. The van der Waals surface area contributed by atoms with E-state index >= 15 is 0 Å². The summed E-state index contributed by atoms with van der Waals surface area (Å²) in [6, 6.07) is 7.11. The van der Waals surface area contributed by atoms with Crippen molar-refractivity contribution in [3.05, 3.63) is 36.2 Å². The quantitative estimate of drug-likeness (QED) is 0.587. The van der Waals surface area contributed by atoms with Crippen molar-refractivity contribution >= 4 is 27.4 Å². The predicted octanol–water partition coefficient (Wildman–Crippen LogP) is 3.35. The molecule has 5 rings (SSSR count). The normalized spacial score (nSPS) is 18.6. The molecule has 0 spiro atoms. The molecular weight excluding hydrogens is 456 g/mol. The summed E-state index contributed by atoms with van der Waals surface area (Å²) in [5.41, 5.74) is 1.95. The van der Waals surface area contributed by atoms with Gasteiger partial charge < -0.3 is 19.3 Å². The van der Waals surface area contributed by atoms with Gasteiger partial charge in [0.15, 0.2) is 9.84 Å². The number of hydrogen-bond acceptors (Lipinski definition) is 8. The number of fused-ring (bicyclic) bond motifs is 1. The first-order valence-corrected chi connectivity index (χ1v) is 13.6. The van der Waals surface area contributed by atoms with Crippen LogP contribution in [0.3, 0.4) is 0 Å². The van der Waals surface area contributed by atoms with E-state index in [-0.39, 0.29) is 18.0 Å². The zero-order valence-electron chi connectivity index (χ0n) is 19.4. The topological polar surface area (TPSA) is 102 Å². The van der Waals surface area contributed by atoms with Crippen molar-refractivity contribution < 1.29 is 22.7 Å². The van der Waals surface area contributed by atoms with Gasteiger partial charge in [-0.3, -0.25) is 0 Å². The molecule has 9 nitrogen and oxygen atoms in total. The summed E-state index contributed by atoms with van der Waals surface area (Å²) < 4.78 is 36.0. The smallest absolute Gasteiger partial charge is 0.409 e. The number of benzene rings is 1. The van der Waals surface area contributed by atoms with E-state index in [1.807, 2.05) is 12.1 Å². The van der Waals surface area contributed by atoms with E-state index in [1.54, 1.807) is 24.0 Å². The van der Waals surface area contributed by atoms with Crippen LogP contribution in [-0.2, 0) is 21.0 Å². The van der Waals surface area contributed by atoms with Gasteiger partial charge in [-0.25, -0.2) is 23.2 Å². The van der Waals surface area contributed by atoms with Crippen LogP contribution in [0.25, 0.3) is 0 Å². The van der Waals surface area contributed by atoms with Crippen molar-refractivity contribution in [2.24, 2.45) is 5.92 Å². The Kier molecular flexibility index (Phi) is 6.33. The summed E-state index contributed by atoms with van der Waals surface area (Å²) in [6.07, 6.45) is 5.75. The van der Waals surface area contributed by atoms with E-state index < -0.39 is 9.84 Å². The van der Waals surface area contributed by atoms with Crippen molar-refractivity contribution in [1.29, 1.82) is 0 Å². The number of sulfone groups is 1. The second kappa shape index (κ2) is 9.40. The highest BCUT2D eigenvalue weighted by Gasteiger charge is 2.29. The first-order valence-electron chi connectivity index (χ1n) is 12.0. The Bertz CT molecular complexity index is 1160. The molecular formula is C24H30N4O5S. The van der Waals surface area contributed by atoms with E-state index in [9.17, 15) is 13.2 Å². The van der Waals surface area contributed by atoms with Gasteiger partial charge in [-0.05, 0) is 48.9 Å². The standard InChI is InChI=1S/C24H30N4O5S/c1-2-34(30,31)20-5-6-21-18(13-20)7-12-28(21)22-14-23(26-16-25-22)33-19-8-10-27(11-9-19)24(29)32-15-17-3-4-17/h5-6,13-14,16-17,19H,2-4,7-12,15H2,1H3. The number of hydrogen-bond donors (Lipinski definition) is 0.